The summed E-state index contributed by atoms with van der Waals surface area (Å²) >= 11 is 0. The van der Waals surface area contributed by atoms with Crippen molar-refractivity contribution in [3.05, 3.63) is 0 Å². The summed E-state index contributed by atoms with van der Waals surface area (Å²) in [7, 11) is 0. The van der Waals surface area contributed by atoms with Crippen LogP contribution in [-0.4, -0.2) is 30.2 Å². The Morgan fingerprint density at radius 3 is 2.60 bits per heavy atom. The van der Waals surface area contributed by atoms with Crippen molar-refractivity contribution in [2.75, 3.05) is 13.1 Å². The van der Waals surface area contributed by atoms with Gasteiger partial charge in [0.1, 0.15) is 0 Å². The Kier molecular flexibility index (Phi) is 7.41. The van der Waals surface area contributed by atoms with Crippen molar-refractivity contribution >= 4 is 12.0 Å². The maximum absolute atomic E-state index is 11.7. The van der Waals surface area contributed by atoms with Crippen LogP contribution in [0.3, 0.4) is 0 Å². The molecule has 0 aromatic heterocycles. The van der Waals surface area contributed by atoms with Gasteiger partial charge in [-0.2, -0.15) is 0 Å². The first-order valence-electron chi connectivity index (χ1n) is 7.72. The predicted octanol–water partition coefficient (Wildman–Crippen LogP) is 2.61. The van der Waals surface area contributed by atoms with Gasteiger partial charge < -0.3 is 15.7 Å². The monoisotopic (exact) mass is 284 g/mol. The van der Waals surface area contributed by atoms with E-state index in [0.29, 0.717) is 24.8 Å². The van der Waals surface area contributed by atoms with Crippen LogP contribution in [0.2, 0.25) is 0 Å². The molecule has 0 aliphatic heterocycles. The minimum Gasteiger partial charge on any atom is -0.481 e. The molecule has 0 aromatic rings. The summed E-state index contributed by atoms with van der Waals surface area (Å²) in [6.45, 7) is 5.49. The van der Waals surface area contributed by atoms with Gasteiger partial charge in [-0.3, -0.25) is 4.79 Å². The first-order valence-corrected chi connectivity index (χ1v) is 7.72. The topological polar surface area (TPSA) is 78.4 Å². The second kappa shape index (κ2) is 8.82. The van der Waals surface area contributed by atoms with Crippen molar-refractivity contribution in [2.24, 2.45) is 17.8 Å². The van der Waals surface area contributed by atoms with Crippen LogP contribution in [-0.2, 0) is 4.79 Å². The highest BCUT2D eigenvalue weighted by Crippen LogP contribution is 2.28. The molecular weight excluding hydrogens is 256 g/mol. The second-order valence-electron chi connectivity index (χ2n) is 6.15. The van der Waals surface area contributed by atoms with Gasteiger partial charge in [-0.25, -0.2) is 4.79 Å². The molecule has 3 unspecified atom stereocenters. The lowest BCUT2D eigenvalue weighted by atomic mass is 9.80. The maximum Gasteiger partial charge on any atom is 0.314 e. The molecule has 0 saturated heterocycles. The molecule has 0 heterocycles. The predicted molar refractivity (Wildman–Crippen MR) is 78.6 cm³/mol. The molecule has 1 aliphatic rings. The van der Waals surface area contributed by atoms with Gasteiger partial charge in [-0.05, 0) is 30.6 Å². The largest absolute Gasteiger partial charge is 0.481 e. The van der Waals surface area contributed by atoms with Crippen molar-refractivity contribution in [3.8, 4) is 0 Å². The summed E-state index contributed by atoms with van der Waals surface area (Å²) in [6, 6.07) is -0.134. The first-order chi connectivity index (χ1) is 9.49. The lowest BCUT2D eigenvalue weighted by Crippen LogP contribution is -2.41. The lowest BCUT2D eigenvalue weighted by molar-refractivity contribution is -0.137. The summed E-state index contributed by atoms with van der Waals surface area (Å²) < 4.78 is 0. The second-order valence-corrected chi connectivity index (χ2v) is 6.15. The number of aliphatic carboxylic acids is 1. The van der Waals surface area contributed by atoms with E-state index in [2.05, 4.69) is 17.6 Å². The van der Waals surface area contributed by atoms with E-state index >= 15 is 0 Å². The number of nitrogens with one attached hydrogen (secondary N) is 2. The van der Waals surface area contributed by atoms with Gasteiger partial charge in [0.25, 0.3) is 0 Å². The summed E-state index contributed by atoms with van der Waals surface area (Å²) in [5.74, 6) is 0.690. The van der Waals surface area contributed by atoms with Crippen LogP contribution in [0.1, 0.15) is 52.4 Å². The minimum atomic E-state index is -0.785. The third-order valence-corrected chi connectivity index (χ3v) is 4.28. The van der Waals surface area contributed by atoms with Crippen molar-refractivity contribution in [1.29, 1.82) is 0 Å². The van der Waals surface area contributed by atoms with Crippen molar-refractivity contribution in [3.63, 3.8) is 0 Å². The van der Waals surface area contributed by atoms with E-state index < -0.39 is 5.97 Å². The van der Waals surface area contributed by atoms with Crippen LogP contribution in [0, 0.1) is 17.8 Å². The average Bonchev–Trinajstić information content (AvgIpc) is 2.42. The van der Waals surface area contributed by atoms with Gasteiger partial charge >= 0.3 is 12.0 Å². The molecule has 0 bridgehead atoms. The molecule has 1 saturated carbocycles. The van der Waals surface area contributed by atoms with Gasteiger partial charge in [0.2, 0.25) is 0 Å². The van der Waals surface area contributed by atoms with Crippen LogP contribution in [0.4, 0.5) is 4.79 Å². The Balaban J connectivity index is 2.12. The Bertz CT molecular complexity index is 320. The number of carbonyl (C=O) groups excluding carboxylic acids is 1. The van der Waals surface area contributed by atoms with E-state index in [4.69, 9.17) is 5.11 Å². The highest BCUT2D eigenvalue weighted by Gasteiger charge is 2.21. The number of rotatable bonds is 7. The number of amides is 2. The third kappa shape index (κ3) is 6.78. The van der Waals surface area contributed by atoms with Gasteiger partial charge in [0.05, 0.1) is 0 Å². The average molecular weight is 284 g/mol. The minimum absolute atomic E-state index is 0.134. The molecule has 2 amide bonds. The van der Waals surface area contributed by atoms with E-state index in [1.54, 1.807) is 0 Å². The van der Waals surface area contributed by atoms with Gasteiger partial charge in [0.15, 0.2) is 0 Å². The molecule has 116 valence electrons. The quantitative estimate of drug-likeness (QED) is 0.672. The van der Waals surface area contributed by atoms with Crippen molar-refractivity contribution in [1.82, 2.24) is 10.6 Å². The summed E-state index contributed by atoms with van der Waals surface area (Å²) in [6.07, 6.45) is 5.80. The lowest BCUT2D eigenvalue weighted by Gasteiger charge is -2.28. The van der Waals surface area contributed by atoms with E-state index in [9.17, 15) is 9.59 Å². The molecule has 1 rings (SSSR count). The summed E-state index contributed by atoms with van der Waals surface area (Å²) in [5.41, 5.74) is 0. The van der Waals surface area contributed by atoms with Crippen LogP contribution in [0.5, 0.6) is 0 Å². The van der Waals surface area contributed by atoms with E-state index in [-0.39, 0.29) is 18.4 Å². The van der Waals surface area contributed by atoms with Crippen molar-refractivity contribution < 1.29 is 14.7 Å². The van der Waals surface area contributed by atoms with E-state index in [0.717, 1.165) is 6.54 Å². The zero-order chi connectivity index (χ0) is 15.0. The van der Waals surface area contributed by atoms with Gasteiger partial charge in [-0.1, -0.05) is 33.1 Å². The smallest absolute Gasteiger partial charge is 0.314 e. The Labute approximate surface area is 121 Å². The molecular formula is C15H28N2O3. The zero-order valence-electron chi connectivity index (χ0n) is 12.7. The fourth-order valence-electron chi connectivity index (χ4n) is 2.72. The molecule has 20 heavy (non-hydrogen) atoms. The van der Waals surface area contributed by atoms with Crippen LogP contribution < -0.4 is 10.6 Å². The molecule has 5 nitrogen and oxygen atoms in total. The normalized spacial score (nSPS) is 23.9. The summed E-state index contributed by atoms with van der Waals surface area (Å²) in [4.78, 5) is 22.1. The molecule has 3 atom stereocenters. The number of carbonyl (C=O) groups is 2. The van der Waals surface area contributed by atoms with E-state index in [1.165, 1.54) is 25.7 Å². The van der Waals surface area contributed by atoms with Gasteiger partial charge in [0, 0.05) is 19.5 Å². The van der Waals surface area contributed by atoms with Crippen LogP contribution in [0.25, 0.3) is 0 Å². The molecule has 1 fully saturated rings. The zero-order valence-corrected chi connectivity index (χ0v) is 12.7. The van der Waals surface area contributed by atoms with Crippen LogP contribution in [0.15, 0.2) is 0 Å². The molecule has 3 N–H and O–H groups in total. The highest BCUT2D eigenvalue weighted by atomic mass is 16.4. The fraction of sp³-hybridized carbons (Fsp3) is 0.867. The first kappa shape index (κ1) is 16.8. The Morgan fingerprint density at radius 2 is 1.95 bits per heavy atom. The Hall–Kier alpha value is -1.26. The molecule has 0 spiro atoms. The van der Waals surface area contributed by atoms with Gasteiger partial charge in [-0.15, -0.1) is 0 Å². The molecule has 1 aliphatic carbocycles. The number of carboxylic acid groups (broad SMARTS) is 1. The number of hydrogen-bond acceptors (Lipinski definition) is 2. The van der Waals surface area contributed by atoms with Crippen LogP contribution >= 0.6 is 0 Å². The number of urea groups is 1. The van der Waals surface area contributed by atoms with Crippen molar-refractivity contribution in [2.45, 2.75) is 52.4 Å². The number of carboxylic acids is 1. The third-order valence-electron chi connectivity index (χ3n) is 4.28. The standard InChI is InChI=1S/C15H28N2O3/c1-11(7-8-14(18)19)9-16-15(20)17-10-13-6-4-3-5-12(13)2/h11-13H,3-10H2,1-2H3,(H,18,19)(H2,16,17,20). The molecule has 5 heteroatoms. The fourth-order valence-corrected chi connectivity index (χ4v) is 2.72. The SMILES string of the molecule is CC(CCC(=O)O)CNC(=O)NCC1CCCCC1C. The maximum atomic E-state index is 11.7. The molecule has 0 radical (unpaired) electrons. The summed E-state index contributed by atoms with van der Waals surface area (Å²) in [5, 5.41) is 14.3. The Morgan fingerprint density at radius 1 is 1.25 bits per heavy atom. The highest BCUT2D eigenvalue weighted by molar-refractivity contribution is 5.73. The number of hydrogen-bond donors (Lipinski definition) is 3. The van der Waals surface area contributed by atoms with E-state index in [1.807, 2.05) is 6.92 Å². The molecule has 0 aromatic carbocycles.